The molecular formula is C23H28O3. The lowest BCUT2D eigenvalue weighted by Gasteiger charge is -2.23. The normalized spacial score (nSPS) is 11.9. The molecule has 0 aliphatic heterocycles. The van der Waals surface area contributed by atoms with Crippen molar-refractivity contribution >= 4 is 5.97 Å². The molecule has 0 fully saturated rings. The predicted molar refractivity (Wildman–Crippen MR) is 106 cm³/mol. The number of hydrogen-bond acceptors (Lipinski definition) is 3. The lowest BCUT2D eigenvalue weighted by atomic mass is 9.82. The molecule has 1 unspecified atom stereocenters. The van der Waals surface area contributed by atoms with Gasteiger partial charge in [-0.25, -0.2) is 4.79 Å². The van der Waals surface area contributed by atoms with Crippen molar-refractivity contribution in [3.8, 4) is 11.5 Å². The fraction of sp³-hybridized carbons (Fsp3) is 0.348. The van der Waals surface area contributed by atoms with Crippen molar-refractivity contribution in [2.24, 2.45) is 0 Å². The molecule has 0 bridgehead atoms. The van der Waals surface area contributed by atoms with Gasteiger partial charge in [0.2, 0.25) is 0 Å². The molecule has 0 aliphatic carbocycles. The molecule has 0 radical (unpaired) electrons. The van der Waals surface area contributed by atoms with Crippen LogP contribution >= 0.6 is 0 Å². The Balaban J connectivity index is 2.54. The van der Waals surface area contributed by atoms with Crippen molar-refractivity contribution in [3.63, 3.8) is 0 Å². The Labute approximate surface area is 156 Å². The van der Waals surface area contributed by atoms with Crippen LogP contribution in [0.25, 0.3) is 0 Å². The topological polar surface area (TPSA) is 46.5 Å². The average Bonchev–Trinajstić information content (AvgIpc) is 2.59. The van der Waals surface area contributed by atoms with E-state index in [0.717, 1.165) is 35.1 Å². The summed E-state index contributed by atoms with van der Waals surface area (Å²) in [5, 5.41) is 9.99. The average molecular weight is 352 g/mol. The smallest absolute Gasteiger partial charge is 0.335 e. The Hall–Kier alpha value is -2.55. The molecule has 0 amide bonds. The summed E-state index contributed by atoms with van der Waals surface area (Å²) in [6.45, 7) is 13.6. The molecular weight excluding hydrogens is 324 g/mol. The summed E-state index contributed by atoms with van der Waals surface area (Å²) in [5.41, 5.74) is 6.46. The molecule has 2 rings (SSSR count). The van der Waals surface area contributed by atoms with Crippen LogP contribution in [0.5, 0.6) is 11.5 Å². The minimum atomic E-state index is -0.449. The fourth-order valence-corrected chi connectivity index (χ4v) is 3.41. The van der Waals surface area contributed by atoms with Crippen molar-refractivity contribution in [2.45, 2.75) is 53.4 Å². The van der Waals surface area contributed by atoms with Crippen LogP contribution < -0.4 is 4.74 Å². The van der Waals surface area contributed by atoms with Gasteiger partial charge >= 0.3 is 5.97 Å². The second-order valence-electron chi connectivity index (χ2n) is 6.94. The fourth-order valence-electron chi connectivity index (χ4n) is 3.41. The summed E-state index contributed by atoms with van der Waals surface area (Å²) in [7, 11) is 0. The monoisotopic (exact) mass is 352 g/mol. The third-order valence-electron chi connectivity index (χ3n) is 4.85. The Kier molecular flexibility index (Phi) is 6.25. The zero-order chi connectivity index (χ0) is 19.4. The Morgan fingerprint density at radius 1 is 1.04 bits per heavy atom. The molecule has 26 heavy (non-hydrogen) atoms. The molecule has 0 aromatic heterocycles. The maximum atomic E-state index is 11.5. The molecule has 3 nitrogen and oxygen atoms in total. The first-order valence-electron chi connectivity index (χ1n) is 9.04. The minimum absolute atomic E-state index is 0.238. The number of carbonyl (C=O) groups excluding carboxylic acids is 1. The molecule has 0 saturated heterocycles. The highest BCUT2D eigenvalue weighted by atomic mass is 16.5. The van der Waals surface area contributed by atoms with E-state index in [0.29, 0.717) is 11.5 Å². The first-order chi connectivity index (χ1) is 12.3. The van der Waals surface area contributed by atoms with Gasteiger partial charge in [0, 0.05) is 12.0 Å². The number of aryl methyl sites for hydroxylation is 4. The SMILES string of the molecule is C=CC(=O)Oc1cc(C)c(C(CCC)c2cc(C)c(O)cc2C)cc1C. The van der Waals surface area contributed by atoms with E-state index in [4.69, 9.17) is 4.74 Å². The lowest BCUT2D eigenvalue weighted by molar-refractivity contribution is -0.129. The van der Waals surface area contributed by atoms with Crippen LogP contribution in [0, 0.1) is 27.7 Å². The second kappa shape index (κ2) is 8.22. The van der Waals surface area contributed by atoms with Gasteiger partial charge in [-0.15, -0.1) is 0 Å². The molecule has 2 aromatic rings. The summed E-state index contributed by atoms with van der Waals surface area (Å²) >= 11 is 0. The van der Waals surface area contributed by atoms with E-state index < -0.39 is 5.97 Å². The van der Waals surface area contributed by atoms with Gasteiger partial charge in [-0.1, -0.05) is 32.1 Å². The van der Waals surface area contributed by atoms with Crippen LogP contribution in [0.4, 0.5) is 0 Å². The van der Waals surface area contributed by atoms with Gasteiger partial charge < -0.3 is 9.84 Å². The minimum Gasteiger partial charge on any atom is -0.508 e. The maximum Gasteiger partial charge on any atom is 0.335 e. The van der Waals surface area contributed by atoms with Crippen LogP contribution in [-0.2, 0) is 4.79 Å². The van der Waals surface area contributed by atoms with E-state index in [1.54, 1.807) is 0 Å². The number of aromatic hydroxyl groups is 1. The molecule has 1 atom stereocenters. The molecule has 0 heterocycles. The zero-order valence-electron chi connectivity index (χ0n) is 16.3. The molecule has 138 valence electrons. The van der Waals surface area contributed by atoms with E-state index in [1.807, 2.05) is 39.8 Å². The molecule has 1 N–H and O–H groups in total. The van der Waals surface area contributed by atoms with Crippen LogP contribution in [0.1, 0.15) is 59.1 Å². The molecule has 0 saturated carbocycles. The van der Waals surface area contributed by atoms with Gasteiger partial charge in [0.25, 0.3) is 0 Å². The largest absolute Gasteiger partial charge is 0.508 e. The van der Waals surface area contributed by atoms with E-state index in [-0.39, 0.29) is 5.92 Å². The number of rotatable bonds is 6. The second-order valence-corrected chi connectivity index (χ2v) is 6.94. The molecule has 3 heteroatoms. The zero-order valence-corrected chi connectivity index (χ0v) is 16.3. The first-order valence-corrected chi connectivity index (χ1v) is 9.04. The standard InChI is InChI=1S/C23H28O3/c1-7-9-18(19-10-16(5)21(24)12-14(19)3)20-11-17(6)22(13-15(20)4)26-23(25)8-2/h8,10-13,18,24H,2,7,9H2,1,3-6H3. The number of benzene rings is 2. The third-order valence-corrected chi connectivity index (χ3v) is 4.85. The van der Waals surface area contributed by atoms with Crippen molar-refractivity contribution < 1.29 is 14.6 Å². The van der Waals surface area contributed by atoms with Crippen molar-refractivity contribution in [2.75, 3.05) is 0 Å². The van der Waals surface area contributed by atoms with E-state index in [9.17, 15) is 9.90 Å². The summed E-state index contributed by atoms with van der Waals surface area (Å²) < 4.78 is 5.34. The van der Waals surface area contributed by atoms with Crippen LogP contribution in [-0.4, -0.2) is 11.1 Å². The Morgan fingerprint density at radius 2 is 1.62 bits per heavy atom. The van der Waals surface area contributed by atoms with Crippen LogP contribution in [0.2, 0.25) is 0 Å². The number of carbonyl (C=O) groups is 1. The van der Waals surface area contributed by atoms with Crippen molar-refractivity contribution in [3.05, 3.63) is 70.3 Å². The van der Waals surface area contributed by atoms with Gasteiger partial charge in [-0.05, 0) is 79.6 Å². The molecule has 0 aliphatic rings. The van der Waals surface area contributed by atoms with Crippen LogP contribution in [0.3, 0.4) is 0 Å². The molecule has 2 aromatic carbocycles. The quantitative estimate of drug-likeness (QED) is 0.415. The Morgan fingerprint density at radius 3 is 2.19 bits per heavy atom. The van der Waals surface area contributed by atoms with E-state index in [2.05, 4.69) is 25.6 Å². The molecule has 0 spiro atoms. The number of phenolic OH excluding ortho intramolecular Hbond substituents is 1. The van der Waals surface area contributed by atoms with Gasteiger partial charge in [0.15, 0.2) is 0 Å². The summed E-state index contributed by atoms with van der Waals surface area (Å²) in [6, 6.07) is 7.97. The van der Waals surface area contributed by atoms with E-state index in [1.165, 1.54) is 17.2 Å². The predicted octanol–water partition coefficient (Wildman–Crippen LogP) is 5.65. The number of esters is 1. The maximum absolute atomic E-state index is 11.5. The van der Waals surface area contributed by atoms with Crippen LogP contribution in [0.15, 0.2) is 36.9 Å². The van der Waals surface area contributed by atoms with Gasteiger partial charge in [0.05, 0.1) is 0 Å². The van der Waals surface area contributed by atoms with Gasteiger partial charge in [-0.3, -0.25) is 0 Å². The van der Waals surface area contributed by atoms with Crippen molar-refractivity contribution in [1.82, 2.24) is 0 Å². The first kappa shape index (κ1) is 19.8. The summed E-state index contributed by atoms with van der Waals surface area (Å²) in [4.78, 5) is 11.5. The number of ether oxygens (including phenoxy) is 1. The van der Waals surface area contributed by atoms with Gasteiger partial charge in [0.1, 0.15) is 11.5 Å². The lowest BCUT2D eigenvalue weighted by Crippen LogP contribution is -2.09. The third kappa shape index (κ3) is 4.16. The highest BCUT2D eigenvalue weighted by molar-refractivity contribution is 5.83. The Bertz CT molecular complexity index is 834. The van der Waals surface area contributed by atoms with E-state index >= 15 is 0 Å². The summed E-state index contributed by atoms with van der Waals surface area (Å²) in [6.07, 6.45) is 3.23. The highest BCUT2D eigenvalue weighted by Gasteiger charge is 2.20. The number of phenols is 1. The number of hydrogen-bond donors (Lipinski definition) is 1. The summed E-state index contributed by atoms with van der Waals surface area (Å²) in [5.74, 6) is 0.698. The van der Waals surface area contributed by atoms with Gasteiger partial charge in [-0.2, -0.15) is 0 Å². The highest BCUT2D eigenvalue weighted by Crippen LogP contribution is 2.38. The van der Waals surface area contributed by atoms with Crippen molar-refractivity contribution in [1.29, 1.82) is 0 Å².